The van der Waals surface area contributed by atoms with E-state index in [1.807, 2.05) is 48.7 Å². The van der Waals surface area contributed by atoms with Crippen molar-refractivity contribution in [2.75, 3.05) is 25.1 Å². The SMILES string of the molecule is C#Cc1cccc(NC(=O)N2CCOCC2c2c(C)nn(C)c2C)c1. The van der Waals surface area contributed by atoms with Gasteiger partial charge in [0.1, 0.15) is 0 Å². The maximum absolute atomic E-state index is 12.9. The standard InChI is InChI=1S/C19H22N4O2/c1-5-15-7-6-8-16(11-15)20-19(24)23-9-10-25-12-17(23)18-13(2)21-22(4)14(18)3/h1,6-8,11,17H,9-10,12H2,2-4H3,(H,20,24). The van der Waals surface area contributed by atoms with Crippen LogP contribution in [0.1, 0.15) is 28.6 Å². The molecule has 0 saturated carbocycles. The first-order chi connectivity index (χ1) is 12.0. The Hall–Kier alpha value is -2.78. The predicted molar refractivity (Wildman–Crippen MR) is 96.3 cm³/mol. The van der Waals surface area contributed by atoms with E-state index in [0.29, 0.717) is 25.4 Å². The Morgan fingerprint density at radius 2 is 2.24 bits per heavy atom. The van der Waals surface area contributed by atoms with Gasteiger partial charge in [0, 0.05) is 36.1 Å². The molecule has 6 nitrogen and oxygen atoms in total. The Bertz CT molecular complexity index is 834. The second-order valence-electron chi connectivity index (χ2n) is 6.15. The number of benzene rings is 1. The van der Waals surface area contributed by atoms with Crippen molar-refractivity contribution < 1.29 is 9.53 Å². The second kappa shape index (κ2) is 6.99. The minimum absolute atomic E-state index is 0.154. The zero-order valence-corrected chi connectivity index (χ0v) is 14.7. The summed E-state index contributed by atoms with van der Waals surface area (Å²) in [6.07, 6.45) is 5.43. The lowest BCUT2D eigenvalue weighted by atomic mass is 10.0. The summed E-state index contributed by atoms with van der Waals surface area (Å²) in [4.78, 5) is 14.7. The Labute approximate surface area is 147 Å². The van der Waals surface area contributed by atoms with Gasteiger partial charge in [0.2, 0.25) is 0 Å². The average Bonchev–Trinajstić information content (AvgIpc) is 2.87. The highest BCUT2D eigenvalue weighted by atomic mass is 16.5. The highest BCUT2D eigenvalue weighted by molar-refractivity contribution is 5.90. The summed E-state index contributed by atoms with van der Waals surface area (Å²) in [6, 6.07) is 6.96. The van der Waals surface area contributed by atoms with Gasteiger partial charge in [-0.1, -0.05) is 12.0 Å². The van der Waals surface area contributed by atoms with E-state index in [4.69, 9.17) is 11.2 Å². The third-order valence-corrected chi connectivity index (χ3v) is 4.57. The molecule has 3 rings (SSSR count). The van der Waals surface area contributed by atoms with E-state index in [2.05, 4.69) is 16.3 Å². The lowest BCUT2D eigenvalue weighted by molar-refractivity contribution is 0.0143. The number of nitrogens with zero attached hydrogens (tertiary/aromatic N) is 3. The van der Waals surface area contributed by atoms with Crippen molar-refractivity contribution in [3.05, 3.63) is 46.8 Å². The molecule has 2 aromatic rings. The van der Waals surface area contributed by atoms with Crippen LogP contribution in [0.15, 0.2) is 24.3 Å². The summed E-state index contributed by atoms with van der Waals surface area (Å²) < 4.78 is 7.48. The molecule has 2 heterocycles. The number of aryl methyl sites for hydroxylation is 2. The number of nitrogens with one attached hydrogen (secondary N) is 1. The van der Waals surface area contributed by atoms with Gasteiger partial charge in [0.15, 0.2) is 0 Å². The summed E-state index contributed by atoms with van der Waals surface area (Å²) in [7, 11) is 1.91. The van der Waals surface area contributed by atoms with Gasteiger partial charge in [-0.15, -0.1) is 6.42 Å². The molecule has 0 bridgehead atoms. The van der Waals surface area contributed by atoms with E-state index in [0.717, 1.165) is 22.5 Å². The topological polar surface area (TPSA) is 59.4 Å². The van der Waals surface area contributed by atoms with E-state index in [-0.39, 0.29) is 12.1 Å². The molecule has 1 saturated heterocycles. The largest absolute Gasteiger partial charge is 0.377 e. The summed E-state index contributed by atoms with van der Waals surface area (Å²) in [5.74, 6) is 2.58. The van der Waals surface area contributed by atoms with Crippen LogP contribution >= 0.6 is 0 Å². The molecule has 1 atom stereocenters. The van der Waals surface area contributed by atoms with Gasteiger partial charge in [-0.05, 0) is 32.0 Å². The molecule has 130 valence electrons. The van der Waals surface area contributed by atoms with E-state index >= 15 is 0 Å². The minimum Gasteiger partial charge on any atom is -0.377 e. The highest BCUT2D eigenvalue weighted by Crippen LogP contribution is 2.29. The maximum atomic E-state index is 12.9. The third kappa shape index (κ3) is 3.37. The van der Waals surface area contributed by atoms with Gasteiger partial charge in [-0.25, -0.2) is 4.79 Å². The quantitative estimate of drug-likeness (QED) is 0.857. The molecule has 1 aliphatic rings. The van der Waals surface area contributed by atoms with Gasteiger partial charge >= 0.3 is 6.03 Å². The lowest BCUT2D eigenvalue weighted by Crippen LogP contribution is -2.45. The number of morpholine rings is 1. The molecule has 1 unspecified atom stereocenters. The Morgan fingerprint density at radius 3 is 2.92 bits per heavy atom. The molecule has 1 N–H and O–H groups in total. The summed E-state index contributed by atoms with van der Waals surface area (Å²) >= 11 is 0. The maximum Gasteiger partial charge on any atom is 0.322 e. The lowest BCUT2D eigenvalue weighted by Gasteiger charge is -2.36. The van der Waals surface area contributed by atoms with Crippen LogP contribution in [0.2, 0.25) is 0 Å². The first-order valence-corrected chi connectivity index (χ1v) is 8.23. The van der Waals surface area contributed by atoms with Crippen LogP contribution < -0.4 is 5.32 Å². The molecular weight excluding hydrogens is 316 g/mol. The molecule has 0 spiro atoms. The van der Waals surface area contributed by atoms with Crippen molar-refractivity contribution in [2.45, 2.75) is 19.9 Å². The van der Waals surface area contributed by atoms with E-state index < -0.39 is 0 Å². The number of carbonyl (C=O) groups excluding carboxylic acids is 1. The number of anilines is 1. The molecule has 1 fully saturated rings. The van der Waals surface area contributed by atoms with Crippen molar-refractivity contribution in [1.82, 2.24) is 14.7 Å². The number of amides is 2. The average molecular weight is 338 g/mol. The van der Waals surface area contributed by atoms with Gasteiger partial charge in [0.25, 0.3) is 0 Å². The Morgan fingerprint density at radius 1 is 1.44 bits per heavy atom. The zero-order valence-electron chi connectivity index (χ0n) is 14.7. The van der Waals surface area contributed by atoms with Crippen molar-refractivity contribution >= 4 is 11.7 Å². The van der Waals surface area contributed by atoms with Crippen molar-refractivity contribution in [3.8, 4) is 12.3 Å². The number of hydrogen-bond donors (Lipinski definition) is 1. The molecule has 0 radical (unpaired) electrons. The molecule has 0 aliphatic carbocycles. The van der Waals surface area contributed by atoms with Gasteiger partial charge in [-0.2, -0.15) is 5.10 Å². The fourth-order valence-electron chi connectivity index (χ4n) is 3.24. The van der Waals surface area contributed by atoms with Crippen LogP contribution in [0.25, 0.3) is 0 Å². The van der Waals surface area contributed by atoms with Crippen LogP contribution in [0.4, 0.5) is 10.5 Å². The molecule has 1 aromatic carbocycles. The van der Waals surface area contributed by atoms with Crippen molar-refractivity contribution in [1.29, 1.82) is 0 Å². The highest BCUT2D eigenvalue weighted by Gasteiger charge is 2.32. The fourth-order valence-corrected chi connectivity index (χ4v) is 3.24. The summed E-state index contributed by atoms with van der Waals surface area (Å²) in [6.45, 7) is 5.48. The summed E-state index contributed by atoms with van der Waals surface area (Å²) in [5, 5.41) is 7.41. The number of carbonyl (C=O) groups is 1. The van der Waals surface area contributed by atoms with Crippen LogP contribution in [0.5, 0.6) is 0 Å². The normalized spacial score (nSPS) is 17.2. The summed E-state index contributed by atoms with van der Waals surface area (Å²) in [5.41, 5.74) is 4.43. The van der Waals surface area contributed by atoms with Gasteiger partial charge in [0.05, 0.1) is 24.9 Å². The number of ether oxygens (including phenoxy) is 1. The van der Waals surface area contributed by atoms with E-state index in [1.54, 1.807) is 6.07 Å². The number of hydrogen-bond acceptors (Lipinski definition) is 3. The molecule has 25 heavy (non-hydrogen) atoms. The molecule has 1 aliphatic heterocycles. The number of urea groups is 1. The van der Waals surface area contributed by atoms with Crippen molar-refractivity contribution in [2.24, 2.45) is 7.05 Å². The second-order valence-corrected chi connectivity index (χ2v) is 6.15. The zero-order chi connectivity index (χ0) is 18.0. The number of rotatable bonds is 2. The Kier molecular flexibility index (Phi) is 4.77. The number of aromatic nitrogens is 2. The molecule has 1 aromatic heterocycles. The molecule has 2 amide bonds. The van der Waals surface area contributed by atoms with Crippen LogP contribution in [-0.2, 0) is 11.8 Å². The smallest absolute Gasteiger partial charge is 0.322 e. The fraction of sp³-hybridized carbons (Fsp3) is 0.368. The number of terminal acetylenes is 1. The van der Waals surface area contributed by atoms with E-state index in [9.17, 15) is 4.79 Å². The van der Waals surface area contributed by atoms with Crippen molar-refractivity contribution in [3.63, 3.8) is 0 Å². The van der Waals surface area contributed by atoms with E-state index in [1.165, 1.54) is 0 Å². The minimum atomic E-state index is -0.162. The Balaban J connectivity index is 1.85. The third-order valence-electron chi connectivity index (χ3n) is 4.57. The van der Waals surface area contributed by atoms with Crippen LogP contribution in [0.3, 0.4) is 0 Å². The molecular formula is C19H22N4O2. The first-order valence-electron chi connectivity index (χ1n) is 8.23. The first kappa shape index (κ1) is 17.1. The van der Waals surface area contributed by atoms with Gasteiger partial charge < -0.3 is 15.0 Å². The van der Waals surface area contributed by atoms with Crippen LogP contribution in [0, 0.1) is 26.2 Å². The van der Waals surface area contributed by atoms with Crippen LogP contribution in [-0.4, -0.2) is 40.5 Å². The van der Waals surface area contributed by atoms with Gasteiger partial charge in [-0.3, -0.25) is 4.68 Å². The monoisotopic (exact) mass is 338 g/mol. The predicted octanol–water partition coefficient (Wildman–Crippen LogP) is 2.62. The molecule has 6 heteroatoms.